The highest BCUT2D eigenvalue weighted by Crippen LogP contribution is 2.49. The van der Waals surface area contributed by atoms with Crippen molar-refractivity contribution in [3.05, 3.63) is 84.9 Å². The van der Waals surface area contributed by atoms with Crippen molar-refractivity contribution in [1.29, 1.82) is 0 Å². The molecule has 0 aliphatic carbocycles. The molecule has 0 saturated carbocycles. The van der Waals surface area contributed by atoms with Gasteiger partial charge in [0.15, 0.2) is 13.5 Å². The minimum Gasteiger partial charge on any atom is -0.497 e. The molecule has 1 fully saturated rings. The fourth-order valence-electron chi connectivity index (χ4n) is 3.54. The summed E-state index contributed by atoms with van der Waals surface area (Å²) < 4.78 is 10.1. The largest absolute Gasteiger partial charge is 0.497 e. The molecule has 32 heavy (non-hydrogen) atoms. The Kier molecular flexibility index (Phi) is 7.77. The third-order valence-electron chi connectivity index (χ3n) is 5.10. The van der Waals surface area contributed by atoms with Crippen LogP contribution in [0, 0.1) is 0 Å². The van der Waals surface area contributed by atoms with E-state index in [1.807, 2.05) is 24.3 Å². The third-order valence-corrected chi connectivity index (χ3v) is 7.63. The minimum absolute atomic E-state index is 0.607. The molecule has 1 aliphatic rings. The van der Waals surface area contributed by atoms with E-state index >= 15 is 0 Å². The second-order valence-corrected chi connectivity index (χ2v) is 9.49. The summed E-state index contributed by atoms with van der Waals surface area (Å²) in [6.07, 6.45) is 0. The van der Waals surface area contributed by atoms with Crippen molar-refractivity contribution >= 4 is 42.8 Å². The van der Waals surface area contributed by atoms with Crippen LogP contribution in [0.1, 0.15) is 0 Å². The molecule has 1 heterocycles. The van der Waals surface area contributed by atoms with Crippen LogP contribution < -0.4 is 29.8 Å². The zero-order chi connectivity index (χ0) is 22.2. The number of hydrogen-bond acceptors (Lipinski definition) is 5. The molecule has 8 heteroatoms. The fourth-order valence-corrected chi connectivity index (χ4v) is 5.93. The van der Waals surface area contributed by atoms with Gasteiger partial charge < -0.3 is 24.7 Å². The van der Waals surface area contributed by atoms with Gasteiger partial charge in [0.05, 0.1) is 7.11 Å². The van der Waals surface area contributed by atoms with Gasteiger partial charge in [-0.15, -0.1) is 0 Å². The maximum Gasteiger partial charge on any atom is 0.175 e. The predicted molar refractivity (Wildman–Crippen MR) is 140 cm³/mol. The first-order valence-electron chi connectivity index (χ1n) is 10.6. The van der Waals surface area contributed by atoms with Crippen LogP contribution in [0.4, 0.5) is 17.1 Å². The van der Waals surface area contributed by atoms with Crippen LogP contribution in [0.2, 0.25) is 0 Å². The van der Waals surface area contributed by atoms with E-state index in [0.29, 0.717) is 5.11 Å². The molecule has 0 radical (unpaired) electrons. The monoisotopic (exact) mass is 465 g/mol. The average molecular weight is 466 g/mol. The fraction of sp³-hybridized carbons (Fsp3) is 0.208. The van der Waals surface area contributed by atoms with E-state index in [-0.39, 0.29) is 0 Å². The zero-order valence-corrected chi connectivity index (χ0v) is 19.8. The van der Waals surface area contributed by atoms with Gasteiger partial charge in [-0.05, 0) is 60.7 Å². The zero-order valence-electron chi connectivity index (χ0n) is 18.1. The van der Waals surface area contributed by atoms with Crippen LogP contribution in [0.5, 0.6) is 5.75 Å². The smallest absolute Gasteiger partial charge is 0.175 e. The second-order valence-electron chi connectivity index (χ2n) is 7.22. The average Bonchev–Trinajstić information content (AvgIpc) is 3.27. The van der Waals surface area contributed by atoms with Gasteiger partial charge in [0.1, 0.15) is 5.75 Å². The molecule has 1 saturated heterocycles. The Bertz CT molecular complexity index is 943. The number of nitrogens with zero attached hydrogens (tertiary/aromatic N) is 2. The van der Waals surface area contributed by atoms with Crippen molar-refractivity contribution in [2.75, 3.05) is 47.9 Å². The van der Waals surface area contributed by atoms with Crippen molar-refractivity contribution in [2.24, 2.45) is 0 Å². The summed E-state index contributed by atoms with van der Waals surface area (Å²) in [6.45, 7) is 3.50. The number of nitrogens with one attached hydrogen (secondary N) is 3. The Morgan fingerprint density at radius 3 is 1.94 bits per heavy atom. The van der Waals surface area contributed by atoms with E-state index in [9.17, 15) is 0 Å². The predicted octanol–water partition coefficient (Wildman–Crippen LogP) is 4.82. The van der Waals surface area contributed by atoms with Crippen LogP contribution in [0.15, 0.2) is 84.9 Å². The highest BCUT2D eigenvalue weighted by atomic mass is 32.1. The normalized spacial score (nSPS) is 13.8. The highest BCUT2D eigenvalue weighted by molar-refractivity contribution is 7.80. The summed E-state index contributed by atoms with van der Waals surface area (Å²) in [5.41, 5.74) is 3.42. The quantitative estimate of drug-likeness (QED) is 0.250. The molecular formula is C24H28N5OPS. The van der Waals surface area contributed by atoms with Gasteiger partial charge >= 0.3 is 0 Å². The number of rotatable bonds is 8. The Morgan fingerprint density at radius 2 is 1.41 bits per heavy atom. The van der Waals surface area contributed by atoms with Gasteiger partial charge in [-0.2, -0.15) is 0 Å². The van der Waals surface area contributed by atoms with Crippen LogP contribution in [-0.2, 0) is 0 Å². The molecule has 0 atom stereocenters. The van der Waals surface area contributed by atoms with Gasteiger partial charge in [0.2, 0.25) is 0 Å². The Balaban J connectivity index is 1.33. The van der Waals surface area contributed by atoms with Gasteiger partial charge in [-0.3, -0.25) is 5.09 Å². The van der Waals surface area contributed by atoms with E-state index < -0.39 is 8.37 Å². The summed E-state index contributed by atoms with van der Waals surface area (Å²) >= 11 is 5.45. The number of anilines is 3. The molecule has 0 unspecified atom stereocenters. The minimum atomic E-state index is -0.710. The topological polar surface area (TPSA) is 51.8 Å². The molecular weight excluding hydrogens is 437 g/mol. The van der Waals surface area contributed by atoms with Crippen LogP contribution >= 0.6 is 20.6 Å². The van der Waals surface area contributed by atoms with Crippen molar-refractivity contribution in [2.45, 2.75) is 0 Å². The summed E-state index contributed by atoms with van der Waals surface area (Å²) in [5, 5.41) is 10.9. The van der Waals surface area contributed by atoms with E-state index in [0.717, 1.165) is 37.6 Å². The Morgan fingerprint density at radius 1 is 0.844 bits per heavy atom. The first-order chi connectivity index (χ1) is 15.7. The number of hydrogen-bond donors (Lipinski definition) is 3. The molecule has 0 bridgehead atoms. The van der Waals surface area contributed by atoms with Crippen molar-refractivity contribution in [1.82, 2.24) is 10.4 Å². The maximum absolute atomic E-state index is 5.45. The van der Waals surface area contributed by atoms with Crippen molar-refractivity contribution < 1.29 is 4.74 Å². The van der Waals surface area contributed by atoms with Gasteiger partial charge in [0.25, 0.3) is 0 Å². The summed E-state index contributed by atoms with van der Waals surface area (Å²) in [6, 6.07) is 28.9. The molecule has 3 aromatic rings. The molecule has 166 valence electrons. The molecule has 0 spiro atoms. The first kappa shape index (κ1) is 22.3. The molecule has 3 N–H and O–H groups in total. The molecule has 1 aliphatic heterocycles. The van der Waals surface area contributed by atoms with Gasteiger partial charge in [-0.1, -0.05) is 36.4 Å². The van der Waals surface area contributed by atoms with E-state index in [1.165, 1.54) is 11.4 Å². The van der Waals surface area contributed by atoms with Gasteiger partial charge in [0, 0.05) is 43.2 Å². The second kappa shape index (κ2) is 11.1. The number of benzene rings is 3. The number of thiocarbonyl (C=S) groups is 1. The van der Waals surface area contributed by atoms with Crippen LogP contribution in [-0.4, -0.2) is 38.4 Å². The lowest BCUT2D eigenvalue weighted by molar-refractivity contribution is 0.415. The van der Waals surface area contributed by atoms with Crippen LogP contribution in [0.25, 0.3) is 0 Å². The maximum atomic E-state index is 5.45. The lowest BCUT2D eigenvalue weighted by Crippen LogP contribution is -2.35. The summed E-state index contributed by atoms with van der Waals surface area (Å²) in [7, 11) is 0.948. The molecule has 6 nitrogen and oxygen atoms in total. The molecule has 4 rings (SSSR count). The van der Waals surface area contributed by atoms with E-state index in [2.05, 4.69) is 85.7 Å². The first-order valence-corrected chi connectivity index (χ1v) is 12.3. The summed E-state index contributed by atoms with van der Waals surface area (Å²) in [5.74, 6) is 0.823. The molecule has 0 aromatic heterocycles. The molecule has 3 aromatic carbocycles. The number of ether oxygens (including phenoxy) is 1. The van der Waals surface area contributed by atoms with Crippen LogP contribution in [0.3, 0.4) is 0 Å². The highest BCUT2D eigenvalue weighted by Gasteiger charge is 2.32. The van der Waals surface area contributed by atoms with Crippen molar-refractivity contribution in [3.63, 3.8) is 0 Å². The molecule has 0 amide bonds. The van der Waals surface area contributed by atoms with Gasteiger partial charge in [-0.25, -0.2) is 0 Å². The number of para-hydroxylation sites is 2. The Hall–Kier alpha value is -2.86. The van der Waals surface area contributed by atoms with Crippen molar-refractivity contribution in [3.8, 4) is 5.75 Å². The number of methoxy groups -OCH3 is 1. The van der Waals surface area contributed by atoms with E-state index in [1.54, 1.807) is 7.11 Å². The SMILES string of the molecule is COc1ccc(NC(=S)NCCNP2N(c3ccccc3)CCN2c2ccccc2)cc1. The lowest BCUT2D eigenvalue weighted by Gasteiger charge is -2.32. The Labute approximate surface area is 196 Å². The third kappa shape index (κ3) is 5.68. The standard InChI is InChI=1S/C24H28N5OPS/c1-30-23-14-12-20(13-15-23)27-24(32)25-16-17-26-31-28(21-8-4-2-5-9-21)18-19-29(31)22-10-6-3-7-11-22/h2-15,26H,16-19H2,1H3,(H2,25,27,32). The summed E-state index contributed by atoms with van der Waals surface area (Å²) in [4.78, 5) is 0. The van der Waals surface area contributed by atoms with E-state index in [4.69, 9.17) is 17.0 Å². The lowest BCUT2D eigenvalue weighted by atomic mass is 10.3.